The first kappa shape index (κ1) is 18.5. The van der Waals surface area contributed by atoms with Crippen LogP contribution < -0.4 is 10.2 Å². The summed E-state index contributed by atoms with van der Waals surface area (Å²) in [5.41, 5.74) is 3.98. The lowest BCUT2D eigenvalue weighted by Gasteiger charge is -2.34. The van der Waals surface area contributed by atoms with Gasteiger partial charge >= 0.3 is 0 Å². The standard InChI is InChI=1S/C20H28N4O2/c1-15-19(16(2)26-22-15)5-4-10-21-20(25)17-6-8-18(9-7-17)24-13-11-23(3)12-14-24/h6-9H,4-5,10-14H2,1-3H3,(H,21,25). The van der Waals surface area contributed by atoms with Crippen molar-refractivity contribution in [2.75, 3.05) is 44.7 Å². The molecule has 1 aromatic heterocycles. The van der Waals surface area contributed by atoms with E-state index in [1.807, 2.05) is 38.1 Å². The largest absolute Gasteiger partial charge is 0.369 e. The molecule has 0 saturated carbocycles. The first-order chi connectivity index (χ1) is 12.5. The third kappa shape index (κ3) is 4.43. The summed E-state index contributed by atoms with van der Waals surface area (Å²) in [5.74, 6) is 0.849. The van der Waals surface area contributed by atoms with Crippen LogP contribution in [0.2, 0.25) is 0 Å². The Kier molecular flexibility index (Phi) is 5.93. The molecule has 1 aliphatic heterocycles. The fourth-order valence-corrected chi connectivity index (χ4v) is 3.32. The van der Waals surface area contributed by atoms with E-state index in [1.165, 1.54) is 5.69 Å². The maximum absolute atomic E-state index is 12.3. The van der Waals surface area contributed by atoms with Crippen LogP contribution >= 0.6 is 0 Å². The average molecular weight is 356 g/mol. The van der Waals surface area contributed by atoms with Crippen molar-refractivity contribution < 1.29 is 9.32 Å². The lowest BCUT2D eigenvalue weighted by atomic mass is 10.1. The molecule has 1 N–H and O–H groups in total. The summed E-state index contributed by atoms with van der Waals surface area (Å²) in [6.07, 6.45) is 1.73. The Morgan fingerprint density at radius 3 is 2.46 bits per heavy atom. The van der Waals surface area contributed by atoms with Crippen LogP contribution in [0.25, 0.3) is 0 Å². The zero-order chi connectivity index (χ0) is 18.5. The van der Waals surface area contributed by atoms with Crippen molar-refractivity contribution in [1.82, 2.24) is 15.4 Å². The van der Waals surface area contributed by atoms with Crippen LogP contribution in [0.1, 0.15) is 33.8 Å². The number of hydrogen-bond acceptors (Lipinski definition) is 5. The van der Waals surface area contributed by atoms with Crippen molar-refractivity contribution in [3.63, 3.8) is 0 Å². The zero-order valence-electron chi connectivity index (χ0n) is 15.9. The van der Waals surface area contributed by atoms with Crippen LogP contribution in [0, 0.1) is 13.8 Å². The van der Waals surface area contributed by atoms with Gasteiger partial charge in [-0.05, 0) is 58.0 Å². The molecule has 0 radical (unpaired) electrons. The number of amides is 1. The van der Waals surface area contributed by atoms with Crippen molar-refractivity contribution >= 4 is 11.6 Å². The Morgan fingerprint density at radius 1 is 1.15 bits per heavy atom. The number of nitrogens with zero attached hydrogens (tertiary/aromatic N) is 3. The van der Waals surface area contributed by atoms with E-state index < -0.39 is 0 Å². The van der Waals surface area contributed by atoms with E-state index in [2.05, 4.69) is 27.3 Å². The molecule has 26 heavy (non-hydrogen) atoms. The molecule has 0 bridgehead atoms. The summed E-state index contributed by atoms with van der Waals surface area (Å²) < 4.78 is 5.17. The Labute approximate surface area is 155 Å². The van der Waals surface area contributed by atoms with E-state index in [-0.39, 0.29) is 5.91 Å². The minimum absolute atomic E-state index is 0.0197. The van der Waals surface area contributed by atoms with Gasteiger partial charge in [0.2, 0.25) is 0 Å². The van der Waals surface area contributed by atoms with Gasteiger partial charge in [-0.1, -0.05) is 5.16 Å². The van der Waals surface area contributed by atoms with Crippen LogP contribution in [0.15, 0.2) is 28.8 Å². The number of hydrogen-bond donors (Lipinski definition) is 1. The molecule has 140 valence electrons. The van der Waals surface area contributed by atoms with Crippen molar-refractivity contribution in [1.29, 1.82) is 0 Å². The van der Waals surface area contributed by atoms with E-state index in [0.717, 1.165) is 56.0 Å². The lowest BCUT2D eigenvalue weighted by molar-refractivity contribution is 0.0953. The highest BCUT2D eigenvalue weighted by atomic mass is 16.5. The molecule has 1 amide bonds. The number of piperazine rings is 1. The smallest absolute Gasteiger partial charge is 0.251 e. The summed E-state index contributed by atoms with van der Waals surface area (Å²) in [5, 5.41) is 6.95. The van der Waals surface area contributed by atoms with Gasteiger partial charge in [0.05, 0.1) is 5.69 Å². The minimum Gasteiger partial charge on any atom is -0.369 e. The van der Waals surface area contributed by atoms with Crippen molar-refractivity contribution in [2.45, 2.75) is 26.7 Å². The first-order valence-corrected chi connectivity index (χ1v) is 9.28. The van der Waals surface area contributed by atoms with Crippen LogP contribution in [0.5, 0.6) is 0 Å². The average Bonchev–Trinajstić information content (AvgIpc) is 2.97. The topological polar surface area (TPSA) is 61.6 Å². The quantitative estimate of drug-likeness (QED) is 0.806. The number of benzene rings is 1. The molecule has 0 aliphatic carbocycles. The summed E-state index contributed by atoms with van der Waals surface area (Å²) in [7, 11) is 2.15. The van der Waals surface area contributed by atoms with Gasteiger partial charge < -0.3 is 19.6 Å². The molecule has 1 aromatic carbocycles. The molecule has 0 atom stereocenters. The fraction of sp³-hybridized carbons (Fsp3) is 0.500. The monoisotopic (exact) mass is 356 g/mol. The Morgan fingerprint density at radius 2 is 1.85 bits per heavy atom. The molecule has 2 aromatic rings. The van der Waals surface area contributed by atoms with Crippen molar-refractivity contribution in [3.8, 4) is 0 Å². The molecular weight excluding hydrogens is 328 g/mol. The maximum Gasteiger partial charge on any atom is 0.251 e. The van der Waals surface area contributed by atoms with E-state index in [0.29, 0.717) is 12.1 Å². The van der Waals surface area contributed by atoms with E-state index in [9.17, 15) is 4.79 Å². The first-order valence-electron chi connectivity index (χ1n) is 9.28. The third-order valence-electron chi connectivity index (χ3n) is 5.07. The molecule has 0 unspecified atom stereocenters. The Hall–Kier alpha value is -2.34. The number of aryl methyl sites for hydroxylation is 2. The number of nitrogens with one attached hydrogen (secondary N) is 1. The molecule has 3 rings (SSSR count). The molecule has 6 nitrogen and oxygen atoms in total. The number of anilines is 1. The normalized spacial score (nSPS) is 15.3. The number of aromatic nitrogens is 1. The second kappa shape index (κ2) is 8.36. The Balaban J connectivity index is 1.46. The van der Waals surface area contributed by atoms with Crippen molar-refractivity contribution in [2.24, 2.45) is 0 Å². The van der Waals surface area contributed by atoms with Gasteiger partial charge in [0.15, 0.2) is 0 Å². The van der Waals surface area contributed by atoms with Gasteiger partial charge in [-0.25, -0.2) is 0 Å². The van der Waals surface area contributed by atoms with Crippen LogP contribution in [-0.4, -0.2) is 55.7 Å². The van der Waals surface area contributed by atoms with Gasteiger partial charge in [-0.2, -0.15) is 0 Å². The van der Waals surface area contributed by atoms with Gasteiger partial charge in [0, 0.05) is 49.5 Å². The highest BCUT2D eigenvalue weighted by Gasteiger charge is 2.15. The highest BCUT2D eigenvalue weighted by Crippen LogP contribution is 2.17. The van der Waals surface area contributed by atoms with E-state index in [1.54, 1.807) is 0 Å². The van der Waals surface area contributed by atoms with Crippen molar-refractivity contribution in [3.05, 3.63) is 46.8 Å². The number of likely N-dealkylation sites (N-methyl/N-ethyl adjacent to an activating group) is 1. The maximum atomic E-state index is 12.3. The SMILES string of the molecule is Cc1noc(C)c1CCCNC(=O)c1ccc(N2CCN(C)CC2)cc1. The van der Waals surface area contributed by atoms with Crippen LogP contribution in [0.4, 0.5) is 5.69 Å². The molecule has 1 fully saturated rings. The number of carbonyl (C=O) groups excluding carboxylic acids is 1. The molecule has 2 heterocycles. The highest BCUT2D eigenvalue weighted by molar-refractivity contribution is 5.94. The number of carbonyl (C=O) groups is 1. The second-order valence-electron chi connectivity index (χ2n) is 7.00. The summed E-state index contributed by atoms with van der Waals surface area (Å²) in [6, 6.07) is 7.92. The van der Waals surface area contributed by atoms with Gasteiger partial charge in [-0.15, -0.1) is 0 Å². The van der Waals surface area contributed by atoms with Crippen LogP contribution in [0.3, 0.4) is 0 Å². The van der Waals surface area contributed by atoms with Gasteiger partial charge in [-0.3, -0.25) is 4.79 Å². The second-order valence-corrected chi connectivity index (χ2v) is 7.00. The fourth-order valence-electron chi connectivity index (χ4n) is 3.32. The van der Waals surface area contributed by atoms with E-state index in [4.69, 9.17) is 4.52 Å². The predicted octanol–water partition coefficient (Wildman–Crippen LogP) is 2.41. The lowest BCUT2D eigenvalue weighted by Crippen LogP contribution is -2.44. The third-order valence-corrected chi connectivity index (χ3v) is 5.07. The van der Waals surface area contributed by atoms with E-state index >= 15 is 0 Å². The Bertz CT molecular complexity index is 711. The predicted molar refractivity (Wildman–Crippen MR) is 103 cm³/mol. The summed E-state index contributed by atoms with van der Waals surface area (Å²) in [6.45, 7) is 8.74. The molecule has 1 saturated heterocycles. The molecule has 0 spiro atoms. The molecule has 6 heteroatoms. The summed E-state index contributed by atoms with van der Waals surface area (Å²) in [4.78, 5) is 17.0. The molecule has 1 aliphatic rings. The summed E-state index contributed by atoms with van der Waals surface area (Å²) >= 11 is 0. The zero-order valence-corrected chi connectivity index (χ0v) is 15.9. The van der Waals surface area contributed by atoms with Gasteiger partial charge in [0.1, 0.15) is 5.76 Å². The minimum atomic E-state index is -0.0197. The molecular formula is C20H28N4O2. The number of rotatable bonds is 6. The van der Waals surface area contributed by atoms with Crippen LogP contribution in [-0.2, 0) is 6.42 Å². The van der Waals surface area contributed by atoms with Gasteiger partial charge in [0.25, 0.3) is 5.91 Å².